The smallest absolute Gasteiger partial charge is 0.251 e. The lowest BCUT2D eigenvalue weighted by Crippen LogP contribution is -2.40. The van der Waals surface area contributed by atoms with Gasteiger partial charge in [0.25, 0.3) is 5.91 Å². The Kier molecular flexibility index (Phi) is 10.7. The van der Waals surface area contributed by atoms with Crippen LogP contribution in [0.4, 0.5) is 5.69 Å². The molecular weight excluding hydrogens is 629 g/mol. The number of aryl methyl sites for hydroxylation is 2. The van der Waals surface area contributed by atoms with Crippen molar-refractivity contribution in [3.8, 4) is 11.4 Å². The summed E-state index contributed by atoms with van der Waals surface area (Å²) in [5.41, 5.74) is 3.80. The van der Waals surface area contributed by atoms with Crippen molar-refractivity contribution in [1.29, 1.82) is 0 Å². The van der Waals surface area contributed by atoms with Crippen LogP contribution >= 0.6 is 11.8 Å². The summed E-state index contributed by atoms with van der Waals surface area (Å²) in [7, 11) is -3.67. The van der Waals surface area contributed by atoms with E-state index in [0.29, 0.717) is 42.1 Å². The second-order valence-electron chi connectivity index (χ2n) is 10.5. The second kappa shape index (κ2) is 14.9. The van der Waals surface area contributed by atoms with Crippen LogP contribution in [0, 0.1) is 13.8 Å². The fourth-order valence-electron chi connectivity index (χ4n) is 4.79. The summed E-state index contributed by atoms with van der Waals surface area (Å²) >= 11 is 1.23. The van der Waals surface area contributed by atoms with E-state index in [9.17, 15) is 18.0 Å². The lowest BCUT2D eigenvalue weighted by Gasteiger charge is -2.26. The van der Waals surface area contributed by atoms with E-state index in [-0.39, 0.29) is 36.2 Å². The van der Waals surface area contributed by atoms with Crippen molar-refractivity contribution >= 4 is 39.3 Å². The van der Waals surface area contributed by atoms with Gasteiger partial charge in [-0.15, -0.1) is 10.2 Å². The number of rotatable bonds is 12. The summed E-state index contributed by atoms with van der Waals surface area (Å²) in [5.74, 6) is 0.651. The van der Waals surface area contributed by atoms with Crippen LogP contribution < -0.4 is 15.4 Å². The Hall–Kier alpha value is -4.24. The summed E-state index contributed by atoms with van der Waals surface area (Å²) in [6, 6.07) is 19.1. The van der Waals surface area contributed by atoms with Crippen LogP contribution in [0.5, 0.6) is 5.75 Å². The quantitative estimate of drug-likeness (QED) is 0.215. The summed E-state index contributed by atoms with van der Waals surface area (Å²) in [6.45, 7) is 7.64. The standard InChI is InChI=1S/C32H36N6O6S2/c1-4-44-26-11-9-25(10-12-26)38-29(35-36-32(38)45-21-30(39)34-28-19-22(2)5-6-23(28)3)20-33-31(40)24-7-13-27(14-8-24)46(41,42)37-15-17-43-18-16-37/h5-14,19H,4,15-18,20-21H2,1-3H3,(H,33,40)(H,34,39). The number of sulfonamides is 1. The number of hydrogen-bond donors (Lipinski definition) is 2. The van der Waals surface area contributed by atoms with Crippen LogP contribution in [0.3, 0.4) is 0 Å². The van der Waals surface area contributed by atoms with E-state index in [4.69, 9.17) is 9.47 Å². The molecule has 0 bridgehead atoms. The molecule has 12 nitrogen and oxygen atoms in total. The van der Waals surface area contributed by atoms with E-state index in [2.05, 4.69) is 20.8 Å². The van der Waals surface area contributed by atoms with Crippen LogP contribution in [0.25, 0.3) is 5.69 Å². The molecule has 2 amide bonds. The predicted molar refractivity (Wildman–Crippen MR) is 175 cm³/mol. The zero-order chi connectivity index (χ0) is 32.7. The first-order valence-corrected chi connectivity index (χ1v) is 17.2. The van der Waals surface area contributed by atoms with Crippen molar-refractivity contribution < 1.29 is 27.5 Å². The first kappa shape index (κ1) is 33.1. The first-order chi connectivity index (χ1) is 22.2. The predicted octanol–water partition coefficient (Wildman–Crippen LogP) is 3.96. The molecule has 14 heteroatoms. The highest BCUT2D eigenvalue weighted by molar-refractivity contribution is 7.99. The van der Waals surface area contributed by atoms with Gasteiger partial charge in [0.15, 0.2) is 11.0 Å². The highest BCUT2D eigenvalue weighted by Crippen LogP contribution is 2.25. The average molecular weight is 665 g/mol. The third-order valence-corrected chi connectivity index (χ3v) is 10.1. The lowest BCUT2D eigenvalue weighted by molar-refractivity contribution is -0.113. The number of benzene rings is 3. The topological polar surface area (TPSA) is 145 Å². The van der Waals surface area contributed by atoms with Gasteiger partial charge in [-0.1, -0.05) is 23.9 Å². The number of carbonyl (C=O) groups excluding carboxylic acids is 2. The fraction of sp³-hybridized carbons (Fsp3) is 0.312. The number of ether oxygens (including phenoxy) is 2. The second-order valence-corrected chi connectivity index (χ2v) is 13.4. The number of aromatic nitrogens is 3. The van der Waals surface area contributed by atoms with Gasteiger partial charge < -0.3 is 20.1 Å². The van der Waals surface area contributed by atoms with Gasteiger partial charge in [-0.2, -0.15) is 4.31 Å². The minimum atomic E-state index is -3.67. The molecule has 0 radical (unpaired) electrons. The molecule has 1 aromatic heterocycles. The summed E-state index contributed by atoms with van der Waals surface area (Å²) in [4.78, 5) is 26.0. The van der Waals surface area contributed by atoms with E-state index in [1.54, 1.807) is 4.57 Å². The Morgan fingerprint density at radius 2 is 1.70 bits per heavy atom. The molecule has 1 fully saturated rings. The van der Waals surface area contributed by atoms with Crippen LogP contribution in [0.2, 0.25) is 0 Å². The van der Waals surface area contributed by atoms with Gasteiger partial charge in [-0.05, 0) is 86.5 Å². The van der Waals surface area contributed by atoms with E-state index in [1.807, 2.05) is 63.2 Å². The molecule has 0 aliphatic carbocycles. The molecule has 1 aliphatic heterocycles. The van der Waals surface area contributed by atoms with Crippen molar-refractivity contribution in [3.63, 3.8) is 0 Å². The minimum Gasteiger partial charge on any atom is -0.494 e. The number of amides is 2. The lowest BCUT2D eigenvalue weighted by atomic mass is 10.1. The summed E-state index contributed by atoms with van der Waals surface area (Å²) in [6.07, 6.45) is 0. The van der Waals surface area contributed by atoms with Crippen molar-refractivity contribution in [2.24, 2.45) is 0 Å². The van der Waals surface area contributed by atoms with Crippen LogP contribution in [0.15, 0.2) is 76.8 Å². The highest BCUT2D eigenvalue weighted by atomic mass is 32.2. The fourth-order valence-corrected chi connectivity index (χ4v) is 6.97. The maximum Gasteiger partial charge on any atom is 0.251 e. The van der Waals surface area contributed by atoms with Gasteiger partial charge in [0.2, 0.25) is 15.9 Å². The Bertz CT molecular complexity index is 1790. The molecule has 0 spiro atoms. The Morgan fingerprint density at radius 3 is 2.39 bits per heavy atom. The molecule has 242 valence electrons. The monoisotopic (exact) mass is 664 g/mol. The third-order valence-electron chi connectivity index (χ3n) is 7.24. The van der Waals surface area contributed by atoms with Crippen molar-refractivity contribution in [2.45, 2.75) is 37.4 Å². The zero-order valence-electron chi connectivity index (χ0n) is 25.9. The number of anilines is 1. The Labute approximate surface area is 272 Å². The van der Waals surface area contributed by atoms with Crippen LogP contribution in [-0.4, -0.2) is 78.0 Å². The number of nitrogens with one attached hydrogen (secondary N) is 2. The molecule has 3 aromatic carbocycles. The molecule has 0 atom stereocenters. The van der Waals surface area contributed by atoms with E-state index in [0.717, 1.165) is 22.5 Å². The molecule has 2 heterocycles. The van der Waals surface area contributed by atoms with E-state index < -0.39 is 15.9 Å². The first-order valence-electron chi connectivity index (χ1n) is 14.8. The van der Waals surface area contributed by atoms with E-state index in [1.165, 1.54) is 40.3 Å². The minimum absolute atomic E-state index is 0.0299. The number of thioether (sulfide) groups is 1. The Balaban J connectivity index is 1.30. The molecule has 46 heavy (non-hydrogen) atoms. The van der Waals surface area contributed by atoms with Crippen molar-refractivity contribution in [2.75, 3.05) is 44.0 Å². The van der Waals surface area contributed by atoms with Crippen LogP contribution in [0.1, 0.15) is 34.2 Å². The maximum atomic E-state index is 13.1. The van der Waals surface area contributed by atoms with Crippen molar-refractivity contribution in [3.05, 3.63) is 89.2 Å². The third kappa shape index (κ3) is 7.94. The zero-order valence-corrected chi connectivity index (χ0v) is 27.5. The normalized spacial score (nSPS) is 13.7. The van der Waals surface area contributed by atoms with Gasteiger partial charge in [-0.3, -0.25) is 14.2 Å². The largest absolute Gasteiger partial charge is 0.494 e. The molecule has 4 aromatic rings. The molecule has 0 unspecified atom stereocenters. The molecule has 5 rings (SSSR count). The Morgan fingerprint density at radius 1 is 0.978 bits per heavy atom. The highest BCUT2D eigenvalue weighted by Gasteiger charge is 2.26. The van der Waals surface area contributed by atoms with Gasteiger partial charge in [-0.25, -0.2) is 8.42 Å². The maximum absolute atomic E-state index is 13.1. The van der Waals surface area contributed by atoms with Gasteiger partial charge >= 0.3 is 0 Å². The number of carbonyl (C=O) groups is 2. The molecular formula is C32H36N6O6S2. The van der Waals surface area contributed by atoms with Gasteiger partial charge in [0, 0.05) is 30.0 Å². The molecule has 1 saturated heterocycles. The summed E-state index contributed by atoms with van der Waals surface area (Å²) < 4.78 is 39.9. The number of nitrogens with zero attached hydrogens (tertiary/aromatic N) is 4. The molecule has 2 N–H and O–H groups in total. The summed E-state index contributed by atoms with van der Waals surface area (Å²) in [5, 5.41) is 14.9. The van der Waals surface area contributed by atoms with E-state index >= 15 is 0 Å². The number of hydrogen-bond acceptors (Lipinski definition) is 9. The van der Waals surface area contributed by atoms with Gasteiger partial charge in [0.1, 0.15) is 5.75 Å². The number of morpholine rings is 1. The molecule has 1 aliphatic rings. The molecule has 0 saturated carbocycles. The van der Waals surface area contributed by atoms with Crippen molar-refractivity contribution in [1.82, 2.24) is 24.4 Å². The average Bonchev–Trinajstić information content (AvgIpc) is 3.48. The van der Waals surface area contributed by atoms with Crippen LogP contribution in [-0.2, 0) is 26.1 Å². The SMILES string of the molecule is CCOc1ccc(-n2c(CNC(=O)c3ccc(S(=O)(=O)N4CCOCC4)cc3)nnc2SCC(=O)Nc2cc(C)ccc2C)cc1. The van der Waals surface area contributed by atoms with Gasteiger partial charge in [0.05, 0.1) is 37.0 Å².